The van der Waals surface area contributed by atoms with Crippen molar-refractivity contribution >= 4 is 41.1 Å². The molecule has 2 atom stereocenters. The van der Waals surface area contributed by atoms with Crippen molar-refractivity contribution in [3.8, 4) is 0 Å². The fourth-order valence-corrected chi connectivity index (χ4v) is 6.56. The third-order valence-electron chi connectivity index (χ3n) is 8.60. The third kappa shape index (κ3) is 4.36. The molecule has 6 amide bonds. The fraction of sp³-hybridized carbons (Fsp3) is 0.556. The Balaban J connectivity index is 1.02. The lowest BCUT2D eigenvalue weighted by Gasteiger charge is -2.61. The second-order valence-electron chi connectivity index (χ2n) is 11.5. The van der Waals surface area contributed by atoms with Crippen LogP contribution in [0.15, 0.2) is 18.2 Å². The van der Waals surface area contributed by atoms with Gasteiger partial charge in [0.1, 0.15) is 6.04 Å². The zero-order chi connectivity index (χ0) is 27.5. The molecule has 1 aromatic carbocycles. The van der Waals surface area contributed by atoms with Crippen LogP contribution in [0.1, 0.15) is 59.2 Å². The van der Waals surface area contributed by atoms with E-state index in [1.165, 1.54) is 0 Å². The zero-order valence-electron chi connectivity index (χ0n) is 21.7. The van der Waals surface area contributed by atoms with Crippen molar-refractivity contribution in [2.75, 3.05) is 44.2 Å². The molecule has 4 saturated heterocycles. The molecule has 5 heterocycles. The Morgan fingerprint density at radius 3 is 2.33 bits per heavy atom. The number of carbonyl (C=O) groups is 6. The van der Waals surface area contributed by atoms with Gasteiger partial charge in [0.2, 0.25) is 23.6 Å². The number of rotatable bonds is 6. The Labute approximate surface area is 225 Å². The van der Waals surface area contributed by atoms with Gasteiger partial charge in [0, 0.05) is 70.0 Å². The van der Waals surface area contributed by atoms with Crippen LogP contribution in [-0.2, 0) is 19.2 Å². The Bertz CT molecular complexity index is 1280. The van der Waals surface area contributed by atoms with Crippen LogP contribution in [0.4, 0.5) is 5.69 Å². The number of hydrogen-bond donors (Lipinski definition) is 2. The lowest BCUT2D eigenvalue weighted by molar-refractivity contribution is -0.145. The summed E-state index contributed by atoms with van der Waals surface area (Å²) in [6, 6.07) is 4.17. The number of benzene rings is 1. The summed E-state index contributed by atoms with van der Waals surface area (Å²) in [6.07, 6.45) is 2.23. The first-order valence-electron chi connectivity index (χ1n) is 13.6. The molecule has 4 fully saturated rings. The largest absolute Gasteiger partial charge is 0.369 e. The molecule has 3 N–H and O–H groups in total. The normalized spacial score (nSPS) is 25.6. The van der Waals surface area contributed by atoms with Crippen LogP contribution in [0.3, 0.4) is 0 Å². The highest BCUT2D eigenvalue weighted by Gasteiger charge is 2.54. The monoisotopic (exact) mass is 536 g/mol. The standard InChI is InChI=1S/C27H32N6O6/c28-16-9-10-30(11-16)21(35)5-2-6-22(36)32-14-27(15-32)12-31(13-27)18-4-1-3-17-23(18)26(39)33(25(17)38)19-7-8-20(34)29-24(19)37/h1,3-4,16,19H,2,5-15,28H2,(H,29,34,37)/t16-,19?/m1/s1. The van der Waals surface area contributed by atoms with E-state index in [0.717, 1.165) is 11.3 Å². The summed E-state index contributed by atoms with van der Waals surface area (Å²) in [5, 5.41) is 2.22. The molecular formula is C27H32N6O6. The molecule has 1 spiro atoms. The van der Waals surface area contributed by atoms with Crippen LogP contribution < -0.4 is 16.0 Å². The number of imide groups is 2. The molecule has 12 heteroatoms. The Kier molecular flexibility index (Phi) is 6.17. The molecular weight excluding hydrogens is 504 g/mol. The van der Waals surface area contributed by atoms with Gasteiger partial charge >= 0.3 is 0 Å². The first-order valence-corrected chi connectivity index (χ1v) is 13.6. The molecule has 0 radical (unpaired) electrons. The molecule has 0 saturated carbocycles. The van der Waals surface area contributed by atoms with Crippen molar-refractivity contribution in [3.05, 3.63) is 29.3 Å². The van der Waals surface area contributed by atoms with E-state index in [0.29, 0.717) is 64.2 Å². The zero-order valence-corrected chi connectivity index (χ0v) is 21.7. The Morgan fingerprint density at radius 1 is 0.949 bits per heavy atom. The summed E-state index contributed by atoms with van der Waals surface area (Å²) in [4.78, 5) is 81.9. The summed E-state index contributed by atoms with van der Waals surface area (Å²) in [6.45, 7) is 3.85. The van der Waals surface area contributed by atoms with Crippen molar-refractivity contribution in [2.24, 2.45) is 11.1 Å². The summed E-state index contributed by atoms with van der Waals surface area (Å²) in [5.74, 6) is -1.97. The lowest BCUT2D eigenvalue weighted by Crippen LogP contribution is -2.73. The van der Waals surface area contributed by atoms with Gasteiger partial charge in [-0.15, -0.1) is 0 Å². The fourth-order valence-electron chi connectivity index (χ4n) is 6.56. The van der Waals surface area contributed by atoms with E-state index in [4.69, 9.17) is 5.73 Å². The number of nitrogens with zero attached hydrogens (tertiary/aromatic N) is 4. The van der Waals surface area contributed by atoms with Gasteiger partial charge in [-0.05, 0) is 31.4 Å². The van der Waals surface area contributed by atoms with Crippen molar-refractivity contribution in [1.29, 1.82) is 0 Å². The number of piperidine rings is 1. The Morgan fingerprint density at radius 2 is 1.67 bits per heavy atom. The number of likely N-dealkylation sites (tertiary alicyclic amines) is 2. The first-order chi connectivity index (χ1) is 18.7. The van der Waals surface area contributed by atoms with Gasteiger partial charge < -0.3 is 20.4 Å². The minimum Gasteiger partial charge on any atom is -0.369 e. The van der Waals surface area contributed by atoms with E-state index in [1.54, 1.807) is 23.1 Å². The van der Waals surface area contributed by atoms with Crippen molar-refractivity contribution in [2.45, 2.75) is 50.6 Å². The van der Waals surface area contributed by atoms with Gasteiger partial charge in [-0.25, -0.2) is 0 Å². The molecule has 5 aliphatic rings. The topological polar surface area (TPSA) is 153 Å². The molecule has 206 valence electrons. The molecule has 5 aliphatic heterocycles. The average Bonchev–Trinajstić information content (AvgIpc) is 3.39. The number of nitrogens with one attached hydrogen (secondary N) is 1. The molecule has 6 rings (SSSR count). The number of carbonyl (C=O) groups excluding carboxylic acids is 6. The minimum atomic E-state index is -1.000. The van der Waals surface area contributed by atoms with E-state index < -0.39 is 29.7 Å². The third-order valence-corrected chi connectivity index (χ3v) is 8.60. The molecule has 0 aliphatic carbocycles. The van der Waals surface area contributed by atoms with E-state index in [2.05, 4.69) is 5.32 Å². The van der Waals surface area contributed by atoms with Crippen LogP contribution in [-0.4, -0.2) is 101 Å². The van der Waals surface area contributed by atoms with E-state index in [-0.39, 0.29) is 47.2 Å². The van der Waals surface area contributed by atoms with E-state index in [1.807, 2.05) is 9.80 Å². The molecule has 0 bridgehead atoms. The van der Waals surface area contributed by atoms with Gasteiger partial charge in [-0.2, -0.15) is 0 Å². The summed E-state index contributed by atoms with van der Waals surface area (Å²) in [7, 11) is 0. The van der Waals surface area contributed by atoms with Crippen LogP contribution in [0, 0.1) is 5.41 Å². The molecule has 1 aromatic rings. The van der Waals surface area contributed by atoms with Crippen molar-refractivity contribution in [3.63, 3.8) is 0 Å². The highest BCUT2D eigenvalue weighted by atomic mass is 16.2. The lowest BCUT2D eigenvalue weighted by atomic mass is 9.72. The van der Waals surface area contributed by atoms with Gasteiger partial charge in [0.05, 0.1) is 16.8 Å². The minimum absolute atomic E-state index is 0.0468. The van der Waals surface area contributed by atoms with E-state index >= 15 is 0 Å². The van der Waals surface area contributed by atoms with E-state index in [9.17, 15) is 28.8 Å². The number of amides is 6. The second kappa shape index (κ2) is 9.44. The maximum Gasteiger partial charge on any atom is 0.264 e. The molecule has 0 aromatic heterocycles. The summed E-state index contributed by atoms with van der Waals surface area (Å²) >= 11 is 0. The molecule has 12 nitrogen and oxygen atoms in total. The maximum absolute atomic E-state index is 13.4. The second-order valence-corrected chi connectivity index (χ2v) is 11.5. The van der Waals surface area contributed by atoms with Crippen molar-refractivity contribution in [1.82, 2.24) is 20.0 Å². The van der Waals surface area contributed by atoms with Crippen LogP contribution in [0.2, 0.25) is 0 Å². The molecule has 39 heavy (non-hydrogen) atoms. The van der Waals surface area contributed by atoms with Gasteiger partial charge in [-0.1, -0.05) is 6.07 Å². The Hall–Kier alpha value is -3.80. The van der Waals surface area contributed by atoms with Crippen LogP contribution in [0.25, 0.3) is 0 Å². The number of anilines is 1. The van der Waals surface area contributed by atoms with Crippen molar-refractivity contribution < 1.29 is 28.8 Å². The maximum atomic E-state index is 13.4. The van der Waals surface area contributed by atoms with Gasteiger partial charge in [0.15, 0.2) is 0 Å². The highest BCUT2D eigenvalue weighted by Crippen LogP contribution is 2.45. The molecule has 1 unspecified atom stereocenters. The first kappa shape index (κ1) is 25.5. The number of fused-ring (bicyclic) bond motifs is 1. The number of hydrogen-bond acceptors (Lipinski definition) is 8. The van der Waals surface area contributed by atoms with Gasteiger partial charge in [-0.3, -0.25) is 39.0 Å². The smallest absolute Gasteiger partial charge is 0.264 e. The SMILES string of the molecule is N[C@@H]1CCN(C(=O)CCCC(=O)N2CC3(C2)CN(c2cccc4c2C(=O)N(C2CCC(=O)NC2=O)C4=O)C3)C1. The summed E-state index contributed by atoms with van der Waals surface area (Å²) < 4.78 is 0. The average molecular weight is 537 g/mol. The highest BCUT2D eigenvalue weighted by molar-refractivity contribution is 6.25. The summed E-state index contributed by atoms with van der Waals surface area (Å²) in [5.41, 5.74) is 7.02. The number of nitrogens with two attached hydrogens (primary N) is 1. The van der Waals surface area contributed by atoms with Gasteiger partial charge in [0.25, 0.3) is 11.8 Å². The predicted molar refractivity (Wildman–Crippen MR) is 137 cm³/mol. The predicted octanol–water partition coefficient (Wildman–Crippen LogP) is -0.534. The van der Waals surface area contributed by atoms with Crippen LogP contribution in [0.5, 0.6) is 0 Å². The quantitative estimate of drug-likeness (QED) is 0.460. The van der Waals surface area contributed by atoms with Crippen LogP contribution >= 0.6 is 0 Å².